The Morgan fingerprint density at radius 3 is 2.58 bits per heavy atom. The first-order valence-corrected chi connectivity index (χ1v) is 4.05. The van der Waals surface area contributed by atoms with Gasteiger partial charge in [0.1, 0.15) is 0 Å². The molecule has 0 saturated carbocycles. The summed E-state index contributed by atoms with van der Waals surface area (Å²) in [5.74, 6) is 1.46. The van der Waals surface area contributed by atoms with Gasteiger partial charge in [-0.1, -0.05) is 43.3 Å². The van der Waals surface area contributed by atoms with E-state index in [9.17, 15) is 0 Å². The first kappa shape index (κ1) is 10.0. The van der Waals surface area contributed by atoms with Gasteiger partial charge in [0.25, 0.3) is 0 Å². The molecule has 0 fully saturated rings. The summed E-state index contributed by atoms with van der Waals surface area (Å²) in [6.07, 6.45) is 5.53. The van der Waals surface area contributed by atoms with E-state index in [0.29, 0.717) is 0 Å². The van der Waals surface area contributed by atoms with Crippen molar-refractivity contribution in [2.45, 2.75) is 13.3 Å². The van der Waals surface area contributed by atoms with Gasteiger partial charge in [0.15, 0.2) is 0 Å². The Morgan fingerprint density at radius 2 is 1.83 bits per heavy atom. The van der Waals surface area contributed by atoms with Crippen molar-refractivity contribution in [2.24, 2.45) is 0 Å². The van der Waals surface area contributed by atoms with Crippen molar-refractivity contribution in [1.29, 1.82) is 0 Å². The van der Waals surface area contributed by atoms with E-state index in [4.69, 9.17) is 0 Å². The van der Waals surface area contributed by atoms with Crippen LogP contribution in [0.1, 0.15) is 24.5 Å². The SMILES string of the molecule is CC[C]1C=Cc2ccccc21.[NaH]. The summed E-state index contributed by atoms with van der Waals surface area (Å²) in [6.45, 7) is 2.20. The van der Waals surface area contributed by atoms with Gasteiger partial charge in [-0.2, -0.15) is 0 Å². The van der Waals surface area contributed by atoms with E-state index in [1.165, 1.54) is 17.0 Å². The Kier molecular flexibility index (Phi) is 3.57. The van der Waals surface area contributed by atoms with Gasteiger partial charge in [-0.3, -0.25) is 0 Å². The number of fused-ring (bicyclic) bond motifs is 1. The molecular weight excluding hydrogens is 155 g/mol. The van der Waals surface area contributed by atoms with Gasteiger partial charge in [-0.15, -0.1) is 0 Å². The van der Waals surface area contributed by atoms with Crippen molar-refractivity contribution in [3.63, 3.8) is 0 Å². The molecule has 0 saturated heterocycles. The van der Waals surface area contributed by atoms with Crippen LogP contribution in [-0.2, 0) is 0 Å². The van der Waals surface area contributed by atoms with E-state index in [-0.39, 0.29) is 29.6 Å². The van der Waals surface area contributed by atoms with Crippen molar-refractivity contribution in [3.05, 3.63) is 47.4 Å². The maximum atomic E-state index is 2.21. The molecule has 12 heavy (non-hydrogen) atoms. The molecule has 0 atom stereocenters. The third-order valence-corrected chi connectivity index (χ3v) is 2.15. The van der Waals surface area contributed by atoms with Gasteiger partial charge < -0.3 is 0 Å². The molecule has 1 aliphatic rings. The van der Waals surface area contributed by atoms with Crippen LogP contribution in [0.3, 0.4) is 0 Å². The van der Waals surface area contributed by atoms with E-state index < -0.39 is 0 Å². The van der Waals surface area contributed by atoms with Crippen LogP contribution in [0.15, 0.2) is 30.3 Å². The summed E-state index contributed by atoms with van der Waals surface area (Å²) in [6, 6.07) is 8.53. The minimum atomic E-state index is 0. The normalized spacial score (nSPS) is 14.1. The van der Waals surface area contributed by atoms with Gasteiger partial charge >= 0.3 is 29.6 Å². The first-order chi connectivity index (χ1) is 5.42. The van der Waals surface area contributed by atoms with Crippen LogP contribution in [0.25, 0.3) is 6.08 Å². The Bertz CT molecular complexity index is 289. The molecule has 0 aliphatic heterocycles. The second-order valence-corrected chi connectivity index (χ2v) is 2.80. The van der Waals surface area contributed by atoms with Crippen LogP contribution in [0, 0.1) is 5.92 Å². The summed E-state index contributed by atoms with van der Waals surface area (Å²) in [5.41, 5.74) is 2.78. The van der Waals surface area contributed by atoms with Crippen molar-refractivity contribution < 1.29 is 0 Å². The number of hydrogen-bond acceptors (Lipinski definition) is 0. The third kappa shape index (κ3) is 1.66. The van der Waals surface area contributed by atoms with Gasteiger partial charge in [-0.25, -0.2) is 0 Å². The molecule has 0 N–H and O–H groups in total. The average molecular weight is 167 g/mol. The van der Waals surface area contributed by atoms with Crippen LogP contribution in [0.4, 0.5) is 0 Å². The van der Waals surface area contributed by atoms with Crippen molar-refractivity contribution >= 4 is 35.6 Å². The van der Waals surface area contributed by atoms with Gasteiger partial charge in [0, 0.05) is 5.92 Å². The predicted molar refractivity (Wildman–Crippen MR) is 55.3 cm³/mol. The Balaban J connectivity index is 0.000000720. The predicted octanol–water partition coefficient (Wildman–Crippen LogP) is 2.40. The summed E-state index contributed by atoms with van der Waals surface area (Å²) < 4.78 is 0. The molecule has 0 nitrogen and oxygen atoms in total. The Hall–Kier alpha value is -0.0400. The monoisotopic (exact) mass is 167 g/mol. The molecule has 0 amide bonds. The molecule has 1 radical (unpaired) electrons. The summed E-state index contributed by atoms with van der Waals surface area (Å²) >= 11 is 0. The second kappa shape index (κ2) is 4.27. The zero-order valence-corrected chi connectivity index (χ0v) is 6.67. The third-order valence-electron chi connectivity index (χ3n) is 2.15. The number of hydrogen-bond donors (Lipinski definition) is 0. The van der Waals surface area contributed by atoms with Crippen molar-refractivity contribution in [3.8, 4) is 0 Å². The van der Waals surface area contributed by atoms with Crippen LogP contribution in [-0.4, -0.2) is 29.6 Å². The molecule has 1 aromatic rings. The van der Waals surface area contributed by atoms with E-state index in [1.54, 1.807) is 0 Å². The molecule has 0 spiro atoms. The fraction of sp³-hybridized carbons (Fsp3) is 0.182. The second-order valence-electron chi connectivity index (χ2n) is 2.80. The topological polar surface area (TPSA) is 0 Å². The summed E-state index contributed by atoms with van der Waals surface area (Å²) in [5, 5.41) is 0. The zero-order valence-electron chi connectivity index (χ0n) is 6.67. The fourth-order valence-corrected chi connectivity index (χ4v) is 1.52. The Labute approximate surface area is 96.0 Å². The molecular formula is C11H12Na. The zero-order chi connectivity index (χ0) is 7.68. The summed E-state index contributed by atoms with van der Waals surface area (Å²) in [7, 11) is 0. The fourth-order valence-electron chi connectivity index (χ4n) is 1.52. The molecule has 57 valence electrons. The maximum absolute atomic E-state index is 2.21. The number of allylic oxidation sites excluding steroid dienone is 1. The van der Waals surface area contributed by atoms with E-state index in [0.717, 1.165) is 6.42 Å². The summed E-state index contributed by atoms with van der Waals surface area (Å²) in [4.78, 5) is 0. The molecule has 0 heterocycles. The van der Waals surface area contributed by atoms with Gasteiger partial charge in [0.05, 0.1) is 0 Å². The Morgan fingerprint density at radius 1 is 1.08 bits per heavy atom. The van der Waals surface area contributed by atoms with Gasteiger partial charge in [0.2, 0.25) is 0 Å². The average Bonchev–Trinajstić information content (AvgIpc) is 2.47. The van der Waals surface area contributed by atoms with Crippen molar-refractivity contribution in [1.82, 2.24) is 0 Å². The standard InChI is InChI=1S/C11H11.Na.H/c1-2-9-7-8-10-5-3-4-6-11(9)10;;/h3-8H,2H2,1H3;;. The van der Waals surface area contributed by atoms with E-state index in [2.05, 4.69) is 43.3 Å². The van der Waals surface area contributed by atoms with Crippen LogP contribution in [0.2, 0.25) is 0 Å². The minimum absolute atomic E-state index is 0. The first-order valence-electron chi connectivity index (χ1n) is 4.05. The van der Waals surface area contributed by atoms with Crippen LogP contribution >= 0.6 is 0 Å². The van der Waals surface area contributed by atoms with Crippen LogP contribution < -0.4 is 0 Å². The number of rotatable bonds is 1. The van der Waals surface area contributed by atoms with Crippen LogP contribution in [0.5, 0.6) is 0 Å². The molecule has 2 rings (SSSR count). The van der Waals surface area contributed by atoms with Gasteiger partial charge in [-0.05, 0) is 17.5 Å². The van der Waals surface area contributed by atoms with E-state index >= 15 is 0 Å². The number of benzene rings is 1. The molecule has 0 unspecified atom stereocenters. The molecule has 1 aliphatic carbocycles. The van der Waals surface area contributed by atoms with E-state index in [1.807, 2.05) is 0 Å². The molecule has 0 aromatic heterocycles. The molecule has 1 heteroatoms. The molecule has 1 aromatic carbocycles. The molecule has 0 bridgehead atoms. The quantitative estimate of drug-likeness (QED) is 0.563. The van der Waals surface area contributed by atoms with Crippen molar-refractivity contribution in [2.75, 3.05) is 0 Å².